The van der Waals surface area contributed by atoms with Crippen molar-refractivity contribution in [2.45, 2.75) is 32.1 Å². The van der Waals surface area contributed by atoms with Gasteiger partial charge in [0, 0.05) is 32.7 Å². The van der Waals surface area contributed by atoms with Gasteiger partial charge in [-0.2, -0.15) is 4.31 Å². The van der Waals surface area contributed by atoms with E-state index >= 15 is 0 Å². The minimum atomic E-state index is -3.57. The van der Waals surface area contributed by atoms with Crippen LogP contribution in [0, 0.1) is 13.8 Å². The largest absolute Gasteiger partial charge is 0.351 e. The highest BCUT2D eigenvalue weighted by Gasteiger charge is 2.31. The van der Waals surface area contributed by atoms with E-state index in [2.05, 4.69) is 5.32 Å². The van der Waals surface area contributed by atoms with Gasteiger partial charge in [-0.1, -0.05) is 24.6 Å². The Labute approximate surface area is 173 Å². The molecule has 1 unspecified atom stereocenters. The van der Waals surface area contributed by atoms with Crippen LogP contribution in [0.1, 0.15) is 24.5 Å². The number of piperazine rings is 1. The number of carbonyl (C=O) groups is 2. The second-order valence-electron chi connectivity index (χ2n) is 7.71. The molecule has 0 radical (unpaired) electrons. The number of aryl methyl sites for hydroxylation is 2. The molecule has 0 saturated carbocycles. The lowest BCUT2D eigenvalue weighted by Crippen LogP contribution is -3.11. The smallest absolute Gasteiger partial charge is 0.277 e. The topological polar surface area (TPSA) is 91.2 Å². The van der Waals surface area contributed by atoms with Crippen LogP contribution in [0.25, 0.3) is 0 Å². The van der Waals surface area contributed by atoms with Crippen LogP contribution in [0.2, 0.25) is 0 Å². The number of hydrogen-bond acceptors (Lipinski definition) is 4. The average Bonchev–Trinajstić information content (AvgIpc) is 2.66. The van der Waals surface area contributed by atoms with Gasteiger partial charge in [-0.05, 0) is 31.9 Å². The normalized spacial score (nSPS) is 16.5. The highest BCUT2D eigenvalue weighted by Crippen LogP contribution is 2.22. The van der Waals surface area contributed by atoms with E-state index in [1.54, 1.807) is 24.0 Å². The molecular weight excluding hydrogens is 392 g/mol. The fourth-order valence-corrected chi connectivity index (χ4v) is 5.07. The molecule has 1 aliphatic heterocycles. The molecule has 1 aliphatic rings. The molecule has 29 heavy (non-hydrogen) atoms. The molecule has 2 amide bonds. The number of hydrogen-bond donors (Lipinski definition) is 2. The van der Waals surface area contributed by atoms with Gasteiger partial charge in [0.1, 0.15) is 0 Å². The molecular formula is C20H33N4O4S+. The van der Waals surface area contributed by atoms with Crippen LogP contribution in [-0.2, 0) is 19.6 Å². The molecule has 1 aromatic rings. The number of sulfonamides is 1. The fourth-order valence-electron chi connectivity index (χ4n) is 3.44. The number of nitrogens with one attached hydrogen (secondary N) is 2. The minimum absolute atomic E-state index is 0.0608. The summed E-state index contributed by atoms with van der Waals surface area (Å²) in [6.07, 6.45) is 0.874. The Morgan fingerprint density at radius 3 is 2.34 bits per heavy atom. The number of quaternary nitrogens is 1. The third kappa shape index (κ3) is 6.25. The lowest BCUT2D eigenvalue weighted by molar-refractivity contribution is -0.863. The monoisotopic (exact) mass is 425 g/mol. The van der Waals surface area contributed by atoms with E-state index in [0.717, 1.165) is 22.4 Å². The summed E-state index contributed by atoms with van der Waals surface area (Å²) in [6.45, 7) is 8.08. The quantitative estimate of drug-likeness (QED) is 0.569. The predicted molar refractivity (Wildman–Crippen MR) is 111 cm³/mol. The number of likely N-dealkylation sites (N-methyl/N-ethyl adjacent to an activating group) is 1. The molecule has 1 aromatic carbocycles. The maximum absolute atomic E-state index is 13.0. The van der Waals surface area contributed by atoms with Crippen molar-refractivity contribution in [2.75, 3.05) is 52.9 Å². The Balaban J connectivity index is 1.89. The molecule has 162 valence electrons. The standard InChI is InChI=1S/C20H32N4O4S/c1-5-8-21-19(25)14-22(4)15-20(26)23-9-11-24(12-10-23)29(27,28)18-7-6-16(2)13-17(18)3/h6-7,13H,5,8-12,14-15H2,1-4H3,(H,21,25)/p+1. The van der Waals surface area contributed by atoms with Crippen molar-refractivity contribution in [1.82, 2.24) is 14.5 Å². The van der Waals surface area contributed by atoms with Gasteiger partial charge in [-0.3, -0.25) is 9.59 Å². The Hall–Kier alpha value is -1.97. The Bertz CT molecular complexity index is 833. The van der Waals surface area contributed by atoms with E-state index in [0.29, 0.717) is 24.5 Å². The number of nitrogens with zero attached hydrogens (tertiary/aromatic N) is 2. The van der Waals surface area contributed by atoms with E-state index in [4.69, 9.17) is 0 Å². The van der Waals surface area contributed by atoms with Crippen molar-refractivity contribution >= 4 is 21.8 Å². The van der Waals surface area contributed by atoms with Crippen molar-refractivity contribution in [1.29, 1.82) is 0 Å². The predicted octanol–water partition coefficient (Wildman–Crippen LogP) is -0.823. The van der Waals surface area contributed by atoms with Crippen LogP contribution >= 0.6 is 0 Å². The zero-order valence-electron chi connectivity index (χ0n) is 17.8. The van der Waals surface area contributed by atoms with Crippen LogP contribution in [0.15, 0.2) is 23.1 Å². The summed E-state index contributed by atoms with van der Waals surface area (Å²) in [5.41, 5.74) is 1.75. The summed E-state index contributed by atoms with van der Waals surface area (Å²) in [6, 6.07) is 5.32. The van der Waals surface area contributed by atoms with Gasteiger partial charge in [0.15, 0.2) is 13.1 Å². The molecule has 0 bridgehead atoms. The molecule has 9 heteroatoms. The number of rotatable bonds is 8. The van der Waals surface area contributed by atoms with Crippen LogP contribution in [0.4, 0.5) is 0 Å². The average molecular weight is 426 g/mol. The third-order valence-electron chi connectivity index (χ3n) is 5.03. The van der Waals surface area contributed by atoms with E-state index < -0.39 is 10.0 Å². The van der Waals surface area contributed by atoms with Gasteiger partial charge in [0.25, 0.3) is 11.8 Å². The van der Waals surface area contributed by atoms with Gasteiger partial charge in [0.05, 0.1) is 11.9 Å². The molecule has 1 saturated heterocycles. The summed E-state index contributed by atoms with van der Waals surface area (Å²) in [4.78, 5) is 27.1. The zero-order valence-corrected chi connectivity index (χ0v) is 18.6. The van der Waals surface area contributed by atoms with Crippen LogP contribution in [0.5, 0.6) is 0 Å². The summed E-state index contributed by atoms with van der Waals surface area (Å²) < 4.78 is 27.4. The van der Waals surface area contributed by atoms with Crippen LogP contribution in [-0.4, -0.2) is 82.3 Å². The first-order valence-electron chi connectivity index (χ1n) is 10.1. The van der Waals surface area contributed by atoms with Crippen molar-refractivity contribution in [3.05, 3.63) is 29.3 Å². The van der Waals surface area contributed by atoms with Gasteiger partial charge in [-0.25, -0.2) is 8.42 Å². The van der Waals surface area contributed by atoms with Crippen LogP contribution in [0.3, 0.4) is 0 Å². The number of benzene rings is 1. The van der Waals surface area contributed by atoms with Gasteiger partial charge in [0.2, 0.25) is 10.0 Å². The lowest BCUT2D eigenvalue weighted by Gasteiger charge is -2.34. The fraction of sp³-hybridized carbons (Fsp3) is 0.600. The molecule has 2 N–H and O–H groups in total. The van der Waals surface area contributed by atoms with Gasteiger partial charge in [-0.15, -0.1) is 0 Å². The van der Waals surface area contributed by atoms with E-state index in [-0.39, 0.29) is 38.0 Å². The van der Waals surface area contributed by atoms with Crippen molar-refractivity contribution in [3.63, 3.8) is 0 Å². The molecule has 0 aromatic heterocycles. The summed E-state index contributed by atoms with van der Waals surface area (Å²) >= 11 is 0. The summed E-state index contributed by atoms with van der Waals surface area (Å²) in [5.74, 6) is -0.129. The second kappa shape index (κ2) is 10.2. The zero-order chi connectivity index (χ0) is 21.6. The van der Waals surface area contributed by atoms with Crippen molar-refractivity contribution < 1.29 is 22.9 Å². The van der Waals surface area contributed by atoms with Crippen molar-refractivity contribution in [3.8, 4) is 0 Å². The summed E-state index contributed by atoms with van der Waals surface area (Å²) in [7, 11) is -1.76. The van der Waals surface area contributed by atoms with Crippen LogP contribution < -0.4 is 10.2 Å². The van der Waals surface area contributed by atoms with Crippen molar-refractivity contribution in [2.24, 2.45) is 0 Å². The maximum Gasteiger partial charge on any atom is 0.277 e. The highest BCUT2D eigenvalue weighted by atomic mass is 32.2. The second-order valence-corrected chi connectivity index (χ2v) is 9.62. The Morgan fingerprint density at radius 1 is 1.10 bits per heavy atom. The van der Waals surface area contributed by atoms with Gasteiger partial charge >= 0.3 is 0 Å². The number of carbonyl (C=O) groups excluding carboxylic acids is 2. The van der Waals surface area contributed by atoms with E-state index in [1.165, 1.54) is 4.31 Å². The summed E-state index contributed by atoms with van der Waals surface area (Å²) in [5, 5.41) is 2.80. The molecule has 0 spiro atoms. The Morgan fingerprint density at radius 2 is 1.76 bits per heavy atom. The minimum Gasteiger partial charge on any atom is -0.351 e. The first-order valence-corrected chi connectivity index (χ1v) is 11.5. The first kappa shape index (κ1) is 23.3. The maximum atomic E-state index is 13.0. The van der Waals surface area contributed by atoms with E-state index in [9.17, 15) is 18.0 Å². The third-order valence-corrected chi connectivity index (χ3v) is 7.09. The molecule has 2 rings (SSSR count). The molecule has 0 aliphatic carbocycles. The molecule has 1 heterocycles. The van der Waals surface area contributed by atoms with Gasteiger partial charge < -0.3 is 15.1 Å². The SMILES string of the molecule is CCCNC(=O)C[NH+](C)CC(=O)N1CCN(S(=O)(=O)c2ccc(C)cc2C)CC1. The number of amides is 2. The highest BCUT2D eigenvalue weighted by molar-refractivity contribution is 7.89. The molecule has 1 atom stereocenters. The molecule has 8 nitrogen and oxygen atoms in total. The van der Waals surface area contributed by atoms with E-state index in [1.807, 2.05) is 27.0 Å². The Kier molecular flexibility index (Phi) is 8.18. The first-order chi connectivity index (χ1) is 13.6. The molecule has 1 fully saturated rings. The lowest BCUT2D eigenvalue weighted by atomic mass is 10.2.